The topological polar surface area (TPSA) is 97.3 Å². The van der Waals surface area contributed by atoms with Crippen molar-refractivity contribution in [1.29, 1.82) is 0 Å². The number of aliphatic hydroxyl groups is 1. The minimum Gasteiger partial charge on any atom is -0.394 e. The molecule has 2 bridgehead atoms. The number of nitrogens with one attached hydrogen (secondary N) is 2. The van der Waals surface area contributed by atoms with Crippen molar-refractivity contribution in [2.75, 3.05) is 38.1 Å². The largest absolute Gasteiger partial charge is 0.394 e. The number of benzene rings is 2. The van der Waals surface area contributed by atoms with Gasteiger partial charge in [0.25, 0.3) is 5.91 Å². The van der Waals surface area contributed by atoms with Crippen molar-refractivity contribution < 1.29 is 14.7 Å². The Morgan fingerprint density at radius 2 is 1.89 bits per heavy atom. The lowest BCUT2D eigenvalue weighted by molar-refractivity contribution is -0.108. The van der Waals surface area contributed by atoms with Crippen molar-refractivity contribution in [2.24, 2.45) is 28.2 Å². The van der Waals surface area contributed by atoms with E-state index in [1.165, 1.54) is 11.3 Å². The smallest absolute Gasteiger partial charge is 0.255 e. The summed E-state index contributed by atoms with van der Waals surface area (Å²) in [7, 11) is 0. The summed E-state index contributed by atoms with van der Waals surface area (Å²) < 4.78 is 0. The van der Waals surface area contributed by atoms with Crippen LogP contribution in [0.15, 0.2) is 41.4 Å². The van der Waals surface area contributed by atoms with E-state index in [1.54, 1.807) is 12.1 Å². The van der Waals surface area contributed by atoms with Crippen LogP contribution in [0.1, 0.15) is 86.2 Å². The number of aliphatic imine (C=N–C) groups is 1. The second kappa shape index (κ2) is 14.0. The van der Waals surface area contributed by atoms with Gasteiger partial charge in [-0.15, -0.1) is 0 Å². The van der Waals surface area contributed by atoms with Crippen molar-refractivity contribution in [3.05, 3.63) is 63.7 Å². The van der Waals surface area contributed by atoms with Gasteiger partial charge in [0, 0.05) is 41.9 Å². The highest BCUT2D eigenvalue weighted by atomic mass is 35.5. The van der Waals surface area contributed by atoms with Gasteiger partial charge in [0.05, 0.1) is 30.8 Å². The van der Waals surface area contributed by atoms with Crippen molar-refractivity contribution >= 4 is 34.9 Å². The fraction of sp³-hybridized carbons (Fsp3) is 0.595. The Hall–Kier alpha value is -2.94. The lowest BCUT2D eigenvalue weighted by Crippen LogP contribution is -2.57. The standard InChI is InChI=1S/C35H46ClN5O3.C2H6/c1-20-6-7-23(30(36)12-20)13-26(19-42)41-18-32(43)28-16-25(8-9-27(28)33(41)44)38-34(40-11-10-37-21(2)17-40)39-31-15-24-14-29(22(31)3)35(24,4)5;1-2/h6-9,12,16,21-22,24,26,29,31,37,42H,10-11,13-15,17-19H2,1-5H3,(H,38,39);1-2H3/t21-,22-,24+,26-,29-,31-;/m0./s1. The Labute approximate surface area is 280 Å². The van der Waals surface area contributed by atoms with Gasteiger partial charge in [-0.2, -0.15) is 0 Å². The fourth-order valence-electron chi connectivity index (χ4n) is 8.04. The van der Waals surface area contributed by atoms with E-state index in [4.69, 9.17) is 16.6 Å². The molecule has 2 aromatic carbocycles. The number of Topliss-reactive ketones (excluding diaryl/α,β-unsaturated/α-hetero) is 1. The van der Waals surface area contributed by atoms with Crippen LogP contribution in [0.4, 0.5) is 5.69 Å². The number of rotatable bonds is 6. The second-order valence-corrected chi connectivity index (χ2v) is 14.6. The minimum absolute atomic E-state index is 0.0849. The van der Waals surface area contributed by atoms with Gasteiger partial charge in [-0.3, -0.25) is 9.59 Å². The monoisotopic (exact) mass is 649 g/mol. The van der Waals surface area contributed by atoms with Gasteiger partial charge < -0.3 is 25.5 Å². The number of hydrogen-bond acceptors (Lipinski definition) is 5. The van der Waals surface area contributed by atoms with Gasteiger partial charge >= 0.3 is 0 Å². The summed E-state index contributed by atoms with van der Waals surface area (Å²) in [5, 5.41) is 17.9. The van der Waals surface area contributed by atoms with E-state index in [0.29, 0.717) is 51.8 Å². The van der Waals surface area contributed by atoms with E-state index in [9.17, 15) is 14.7 Å². The Bertz CT molecular complexity index is 1470. The summed E-state index contributed by atoms with van der Waals surface area (Å²) in [4.78, 5) is 36.3. The zero-order valence-corrected chi connectivity index (χ0v) is 29.3. The molecule has 46 heavy (non-hydrogen) atoms. The van der Waals surface area contributed by atoms with Crippen molar-refractivity contribution in [3.8, 4) is 0 Å². The molecule has 9 heteroatoms. The Kier molecular flexibility index (Phi) is 10.5. The number of aliphatic hydroxyl groups excluding tert-OH is 1. The first-order valence-electron chi connectivity index (χ1n) is 17.1. The summed E-state index contributed by atoms with van der Waals surface area (Å²) in [5.74, 6) is 2.36. The molecule has 2 heterocycles. The Morgan fingerprint density at radius 3 is 2.54 bits per heavy atom. The molecular weight excluding hydrogens is 598 g/mol. The van der Waals surface area contributed by atoms with Crippen LogP contribution in [0.3, 0.4) is 0 Å². The highest BCUT2D eigenvalue weighted by molar-refractivity contribution is 6.31. The van der Waals surface area contributed by atoms with Crippen LogP contribution >= 0.6 is 11.6 Å². The first-order chi connectivity index (χ1) is 22.0. The predicted molar refractivity (Wildman–Crippen MR) is 187 cm³/mol. The maximum atomic E-state index is 13.7. The second-order valence-electron chi connectivity index (χ2n) is 14.2. The number of anilines is 1. The number of aryl methyl sites for hydroxylation is 1. The summed E-state index contributed by atoms with van der Waals surface area (Å²) >= 11 is 6.45. The molecule has 6 atom stereocenters. The van der Waals surface area contributed by atoms with Gasteiger partial charge in [-0.05, 0) is 91.7 Å². The quantitative estimate of drug-likeness (QED) is 0.261. The van der Waals surface area contributed by atoms with Crippen molar-refractivity contribution in [1.82, 2.24) is 15.1 Å². The Balaban J connectivity index is 0.00000204. The molecule has 0 aromatic heterocycles. The molecule has 3 saturated carbocycles. The lowest BCUT2D eigenvalue weighted by Gasteiger charge is -2.61. The molecule has 8 nitrogen and oxygen atoms in total. The van der Waals surface area contributed by atoms with Crippen LogP contribution in [0.2, 0.25) is 5.02 Å². The third-order valence-corrected chi connectivity index (χ3v) is 11.3. The first kappa shape index (κ1) is 34.4. The minimum atomic E-state index is -0.556. The number of carbonyl (C=O) groups is 2. The zero-order valence-electron chi connectivity index (χ0n) is 28.6. The molecule has 2 aromatic rings. The van der Waals surface area contributed by atoms with E-state index in [0.717, 1.165) is 48.8 Å². The van der Waals surface area contributed by atoms with Gasteiger partial charge in [0.1, 0.15) is 0 Å². The molecule has 1 saturated heterocycles. The molecule has 0 radical (unpaired) electrons. The van der Waals surface area contributed by atoms with Crippen LogP contribution in [0, 0.1) is 30.1 Å². The maximum Gasteiger partial charge on any atom is 0.255 e. The third-order valence-electron chi connectivity index (χ3n) is 11.0. The summed E-state index contributed by atoms with van der Waals surface area (Å²) in [6.45, 7) is 17.5. The molecular formula is C37H52ClN5O3. The molecule has 1 amide bonds. The van der Waals surface area contributed by atoms with Crippen LogP contribution in [0.5, 0.6) is 0 Å². The normalized spacial score (nSPS) is 27.7. The van der Waals surface area contributed by atoms with Crippen LogP contribution in [-0.2, 0) is 6.42 Å². The number of piperazine rings is 1. The molecule has 4 fully saturated rings. The highest BCUT2D eigenvalue weighted by Gasteiger charge is 2.56. The SMILES string of the molecule is CC.Cc1ccc(C[C@@H](CO)N2CC(=O)c3cc(NC(=N[C@H]4C[C@H]5C[C@@H]([C@@H]4C)C5(C)C)N4CCN[C@@H](C)C4)ccc3C2=O)c(Cl)c1. The van der Waals surface area contributed by atoms with Gasteiger partial charge in [0.2, 0.25) is 0 Å². The number of fused-ring (bicyclic) bond motifs is 3. The van der Waals surface area contributed by atoms with E-state index in [2.05, 4.69) is 43.2 Å². The van der Waals surface area contributed by atoms with Crippen LogP contribution in [-0.4, -0.2) is 83.5 Å². The van der Waals surface area contributed by atoms with E-state index in [1.807, 2.05) is 45.0 Å². The number of halogens is 1. The molecule has 3 N–H and O–H groups in total. The van der Waals surface area contributed by atoms with Gasteiger partial charge in [-0.1, -0.05) is 58.4 Å². The number of ketones is 1. The summed E-state index contributed by atoms with van der Waals surface area (Å²) in [5.41, 5.74) is 3.78. The summed E-state index contributed by atoms with van der Waals surface area (Å²) in [6.07, 6.45) is 2.77. The highest BCUT2D eigenvalue weighted by Crippen LogP contribution is 2.61. The fourth-order valence-corrected chi connectivity index (χ4v) is 8.35. The molecule has 2 aliphatic heterocycles. The van der Waals surface area contributed by atoms with Gasteiger partial charge in [0.15, 0.2) is 11.7 Å². The lowest BCUT2D eigenvalue weighted by atomic mass is 9.45. The average molecular weight is 650 g/mol. The van der Waals surface area contributed by atoms with Gasteiger partial charge in [-0.25, -0.2) is 4.99 Å². The van der Waals surface area contributed by atoms with E-state index >= 15 is 0 Å². The average Bonchev–Trinajstić information content (AvgIpc) is 3.04. The third kappa shape index (κ3) is 6.71. The summed E-state index contributed by atoms with van der Waals surface area (Å²) in [6, 6.07) is 11.2. The molecule has 7 rings (SSSR count). The van der Waals surface area contributed by atoms with E-state index < -0.39 is 6.04 Å². The van der Waals surface area contributed by atoms with Crippen molar-refractivity contribution in [3.63, 3.8) is 0 Å². The Morgan fingerprint density at radius 1 is 1.13 bits per heavy atom. The number of guanidine groups is 1. The van der Waals surface area contributed by atoms with Crippen LogP contribution < -0.4 is 10.6 Å². The molecule has 0 unspecified atom stereocenters. The molecule has 3 aliphatic carbocycles. The first-order valence-corrected chi connectivity index (χ1v) is 17.5. The number of nitrogens with zero attached hydrogens (tertiary/aromatic N) is 3. The van der Waals surface area contributed by atoms with Crippen LogP contribution in [0.25, 0.3) is 0 Å². The van der Waals surface area contributed by atoms with E-state index in [-0.39, 0.29) is 30.9 Å². The number of hydrogen-bond donors (Lipinski definition) is 3. The predicted octanol–water partition coefficient (Wildman–Crippen LogP) is 6.05. The molecule has 5 aliphatic rings. The number of amides is 1. The molecule has 0 spiro atoms. The maximum absolute atomic E-state index is 13.7. The molecule has 250 valence electrons. The number of carbonyl (C=O) groups excluding carboxylic acids is 2. The zero-order chi connectivity index (χ0) is 33.3. The van der Waals surface area contributed by atoms with Crippen molar-refractivity contribution in [2.45, 2.75) is 85.9 Å².